The van der Waals surface area contributed by atoms with Gasteiger partial charge in [0.05, 0.1) is 23.5 Å². The molecule has 3 aromatic rings. The number of aryl methyl sites for hydroxylation is 1. The number of rotatable bonds is 4. The smallest absolute Gasteiger partial charge is 0.260 e. The number of nitrogens with one attached hydrogen (secondary N) is 1. The van der Waals surface area contributed by atoms with Gasteiger partial charge in [-0.3, -0.25) is 4.79 Å². The molecule has 0 aliphatic carbocycles. The molecule has 0 spiro atoms. The Bertz CT molecular complexity index is 926. The molecule has 2 aromatic carbocycles. The largest absolute Gasteiger partial charge is 0.319 e. The van der Waals surface area contributed by atoms with Crippen molar-refractivity contribution >= 4 is 23.2 Å². The van der Waals surface area contributed by atoms with E-state index in [0.717, 1.165) is 17.7 Å². The summed E-state index contributed by atoms with van der Waals surface area (Å²) >= 11 is 6.29. The fourth-order valence-corrected chi connectivity index (χ4v) is 2.77. The number of carbonyl (C=O) groups excluding carboxylic acids is 1. The first-order valence-corrected chi connectivity index (χ1v) is 7.86. The molecule has 0 saturated carbocycles. The molecule has 1 N–H and O–H groups in total. The normalized spacial score (nSPS) is 10.7. The van der Waals surface area contributed by atoms with E-state index in [1.165, 1.54) is 4.68 Å². The third-order valence-corrected chi connectivity index (χ3v) is 4.03. The highest BCUT2D eigenvalue weighted by molar-refractivity contribution is 6.33. The van der Waals surface area contributed by atoms with E-state index in [-0.39, 0.29) is 16.4 Å². The van der Waals surface area contributed by atoms with Crippen LogP contribution in [-0.4, -0.2) is 15.7 Å². The van der Waals surface area contributed by atoms with Crippen LogP contribution < -0.4 is 5.32 Å². The summed E-state index contributed by atoms with van der Waals surface area (Å²) < 4.78 is 28.2. The Hall–Kier alpha value is -2.73. The van der Waals surface area contributed by atoms with Gasteiger partial charge in [0.2, 0.25) is 0 Å². The molecule has 0 fully saturated rings. The maximum atomic E-state index is 13.7. The van der Waals surface area contributed by atoms with Crippen LogP contribution >= 0.6 is 11.6 Å². The van der Waals surface area contributed by atoms with E-state index in [0.29, 0.717) is 18.3 Å². The van der Waals surface area contributed by atoms with Crippen LogP contribution in [0.4, 0.5) is 14.5 Å². The molecule has 1 aromatic heterocycles. The fraction of sp³-hybridized carbons (Fsp3) is 0.111. The molecule has 1 amide bonds. The highest BCUT2D eigenvalue weighted by Gasteiger charge is 2.21. The van der Waals surface area contributed by atoms with Gasteiger partial charge in [-0.05, 0) is 24.6 Å². The molecule has 0 saturated heterocycles. The van der Waals surface area contributed by atoms with Gasteiger partial charge in [0.1, 0.15) is 16.8 Å². The molecule has 0 aliphatic heterocycles. The van der Waals surface area contributed by atoms with E-state index < -0.39 is 17.5 Å². The number of carbonyl (C=O) groups is 1. The van der Waals surface area contributed by atoms with Gasteiger partial charge in [-0.1, -0.05) is 41.9 Å². The zero-order valence-corrected chi connectivity index (χ0v) is 14.0. The summed E-state index contributed by atoms with van der Waals surface area (Å²) in [4.78, 5) is 12.4. The molecule has 128 valence electrons. The lowest BCUT2D eigenvalue weighted by atomic mass is 10.2. The van der Waals surface area contributed by atoms with Crippen LogP contribution in [0.25, 0.3) is 0 Å². The Kier molecular flexibility index (Phi) is 4.81. The summed E-state index contributed by atoms with van der Waals surface area (Å²) in [5.74, 6) is -2.19. The van der Waals surface area contributed by atoms with Crippen LogP contribution in [0.15, 0.2) is 48.5 Å². The number of benzene rings is 2. The van der Waals surface area contributed by atoms with E-state index in [1.54, 1.807) is 6.92 Å². The van der Waals surface area contributed by atoms with Gasteiger partial charge < -0.3 is 5.32 Å². The zero-order valence-electron chi connectivity index (χ0n) is 13.3. The third-order valence-electron chi connectivity index (χ3n) is 3.65. The summed E-state index contributed by atoms with van der Waals surface area (Å²) in [5.41, 5.74) is 1.42. The summed E-state index contributed by atoms with van der Waals surface area (Å²) in [6, 6.07) is 12.4. The predicted octanol–water partition coefficient (Wildman–Crippen LogP) is 4.42. The molecule has 0 aliphatic rings. The van der Waals surface area contributed by atoms with Gasteiger partial charge in [-0.15, -0.1) is 0 Å². The SMILES string of the molecule is Cc1nn(Cc2ccccc2)c(Cl)c1C(=O)Nc1ccc(F)cc1F. The maximum absolute atomic E-state index is 13.7. The number of anilines is 1. The van der Waals surface area contributed by atoms with E-state index >= 15 is 0 Å². The van der Waals surface area contributed by atoms with Crippen molar-refractivity contribution in [1.29, 1.82) is 0 Å². The van der Waals surface area contributed by atoms with Crippen molar-refractivity contribution in [2.24, 2.45) is 0 Å². The summed E-state index contributed by atoms with van der Waals surface area (Å²) in [7, 11) is 0. The van der Waals surface area contributed by atoms with Crippen molar-refractivity contribution in [3.05, 3.63) is 82.1 Å². The minimum atomic E-state index is -0.862. The topological polar surface area (TPSA) is 46.9 Å². The molecule has 4 nitrogen and oxygen atoms in total. The van der Waals surface area contributed by atoms with Crippen LogP contribution in [-0.2, 0) is 6.54 Å². The Balaban J connectivity index is 1.85. The van der Waals surface area contributed by atoms with E-state index in [9.17, 15) is 13.6 Å². The van der Waals surface area contributed by atoms with Crippen molar-refractivity contribution < 1.29 is 13.6 Å². The molecular formula is C18H14ClF2N3O. The van der Waals surface area contributed by atoms with Crippen LogP contribution in [0.5, 0.6) is 0 Å². The van der Waals surface area contributed by atoms with Gasteiger partial charge >= 0.3 is 0 Å². The number of aromatic nitrogens is 2. The zero-order chi connectivity index (χ0) is 18.0. The average Bonchev–Trinajstić information content (AvgIpc) is 2.85. The van der Waals surface area contributed by atoms with Crippen molar-refractivity contribution in [3.8, 4) is 0 Å². The highest BCUT2D eigenvalue weighted by atomic mass is 35.5. The van der Waals surface area contributed by atoms with E-state index in [1.807, 2.05) is 30.3 Å². The lowest BCUT2D eigenvalue weighted by Crippen LogP contribution is -2.14. The molecule has 1 heterocycles. The van der Waals surface area contributed by atoms with Crippen LogP contribution in [0.1, 0.15) is 21.6 Å². The lowest BCUT2D eigenvalue weighted by molar-refractivity contribution is 0.102. The van der Waals surface area contributed by atoms with Crippen molar-refractivity contribution in [2.45, 2.75) is 13.5 Å². The standard InChI is InChI=1S/C18H14ClF2N3O/c1-11-16(18(25)22-15-8-7-13(20)9-14(15)21)17(19)24(23-11)10-12-5-3-2-4-6-12/h2-9H,10H2,1H3,(H,22,25). The molecule has 0 unspecified atom stereocenters. The average molecular weight is 362 g/mol. The molecule has 0 radical (unpaired) electrons. The quantitative estimate of drug-likeness (QED) is 0.747. The second-order valence-corrected chi connectivity index (χ2v) is 5.83. The van der Waals surface area contributed by atoms with Crippen molar-refractivity contribution in [1.82, 2.24) is 9.78 Å². The molecule has 7 heteroatoms. The second-order valence-electron chi connectivity index (χ2n) is 5.47. The van der Waals surface area contributed by atoms with Crippen LogP contribution in [0.2, 0.25) is 5.15 Å². The summed E-state index contributed by atoms with van der Waals surface area (Å²) in [5, 5.41) is 6.82. The monoisotopic (exact) mass is 361 g/mol. The summed E-state index contributed by atoms with van der Waals surface area (Å²) in [6.45, 7) is 2.04. The Labute approximate surface area is 148 Å². The Morgan fingerprint density at radius 3 is 2.60 bits per heavy atom. The number of amides is 1. The number of hydrogen-bond donors (Lipinski definition) is 1. The highest BCUT2D eigenvalue weighted by Crippen LogP contribution is 2.23. The third kappa shape index (κ3) is 3.69. The van der Waals surface area contributed by atoms with E-state index in [2.05, 4.69) is 10.4 Å². The van der Waals surface area contributed by atoms with Gasteiger partial charge in [0.15, 0.2) is 0 Å². The molecule has 0 bridgehead atoms. The molecular weight excluding hydrogens is 348 g/mol. The Morgan fingerprint density at radius 2 is 1.92 bits per heavy atom. The summed E-state index contributed by atoms with van der Waals surface area (Å²) in [6.07, 6.45) is 0. The first-order chi connectivity index (χ1) is 12.0. The first kappa shape index (κ1) is 17.1. The predicted molar refractivity (Wildman–Crippen MR) is 91.8 cm³/mol. The van der Waals surface area contributed by atoms with Gasteiger partial charge in [0, 0.05) is 6.07 Å². The van der Waals surface area contributed by atoms with Crippen LogP contribution in [0.3, 0.4) is 0 Å². The molecule has 3 rings (SSSR count). The van der Waals surface area contributed by atoms with Crippen molar-refractivity contribution in [3.63, 3.8) is 0 Å². The second kappa shape index (κ2) is 7.03. The van der Waals surface area contributed by atoms with Crippen molar-refractivity contribution in [2.75, 3.05) is 5.32 Å². The van der Waals surface area contributed by atoms with Gasteiger partial charge in [-0.25, -0.2) is 13.5 Å². The Morgan fingerprint density at radius 1 is 1.20 bits per heavy atom. The fourth-order valence-electron chi connectivity index (χ4n) is 2.45. The molecule has 25 heavy (non-hydrogen) atoms. The lowest BCUT2D eigenvalue weighted by Gasteiger charge is -2.07. The minimum Gasteiger partial charge on any atom is -0.319 e. The number of hydrogen-bond acceptors (Lipinski definition) is 2. The molecule has 0 atom stereocenters. The number of nitrogens with zero attached hydrogens (tertiary/aromatic N) is 2. The maximum Gasteiger partial charge on any atom is 0.260 e. The van der Waals surface area contributed by atoms with E-state index in [4.69, 9.17) is 11.6 Å². The van der Waals surface area contributed by atoms with Gasteiger partial charge in [0.25, 0.3) is 5.91 Å². The number of halogens is 3. The minimum absolute atomic E-state index is 0.127. The van der Waals surface area contributed by atoms with Crippen LogP contribution in [0, 0.1) is 18.6 Å². The first-order valence-electron chi connectivity index (χ1n) is 7.49. The van der Waals surface area contributed by atoms with Gasteiger partial charge in [-0.2, -0.15) is 5.10 Å².